The van der Waals surface area contributed by atoms with Gasteiger partial charge in [-0.1, -0.05) is 18.2 Å². The number of benzene rings is 2. The van der Waals surface area contributed by atoms with E-state index < -0.39 is 6.04 Å². The second-order valence-electron chi connectivity index (χ2n) is 6.33. The summed E-state index contributed by atoms with van der Waals surface area (Å²) in [7, 11) is 3.22. The monoisotopic (exact) mass is 365 g/mol. The van der Waals surface area contributed by atoms with Crippen LogP contribution in [0.1, 0.15) is 34.6 Å². The summed E-state index contributed by atoms with van der Waals surface area (Å²) < 4.78 is 16.8. The Labute approximate surface area is 155 Å². The van der Waals surface area contributed by atoms with Crippen LogP contribution in [-0.2, 0) is 0 Å². The third kappa shape index (κ3) is 2.56. The van der Waals surface area contributed by atoms with Gasteiger partial charge >= 0.3 is 0 Å². The minimum Gasteiger partial charge on any atom is -0.493 e. The van der Waals surface area contributed by atoms with Gasteiger partial charge in [0, 0.05) is 7.05 Å². The van der Waals surface area contributed by atoms with E-state index >= 15 is 0 Å². The van der Waals surface area contributed by atoms with Gasteiger partial charge in [-0.3, -0.25) is 9.59 Å². The van der Waals surface area contributed by atoms with Crippen molar-refractivity contribution in [3.05, 3.63) is 69.6 Å². The first-order valence-electron chi connectivity index (χ1n) is 8.70. The molecule has 0 fully saturated rings. The average Bonchev–Trinajstić information content (AvgIpc) is 2.94. The van der Waals surface area contributed by atoms with Gasteiger partial charge in [-0.2, -0.15) is 0 Å². The SMILES string of the molecule is CCOc1ccc([C@@H]2c3c(oc4ccccc4c3=O)C(=O)N2C)cc1OC. The van der Waals surface area contributed by atoms with Crippen molar-refractivity contribution in [1.29, 1.82) is 0 Å². The first-order valence-corrected chi connectivity index (χ1v) is 8.70. The number of hydrogen-bond donors (Lipinski definition) is 0. The van der Waals surface area contributed by atoms with Gasteiger partial charge in [-0.05, 0) is 36.8 Å². The molecule has 2 heterocycles. The highest BCUT2D eigenvalue weighted by molar-refractivity contribution is 5.98. The molecule has 1 atom stereocenters. The van der Waals surface area contributed by atoms with Crippen molar-refractivity contribution in [3.63, 3.8) is 0 Å². The molecule has 27 heavy (non-hydrogen) atoms. The van der Waals surface area contributed by atoms with Crippen LogP contribution in [0.15, 0.2) is 51.7 Å². The van der Waals surface area contributed by atoms with Crippen molar-refractivity contribution >= 4 is 16.9 Å². The molecule has 1 amide bonds. The fourth-order valence-electron chi connectivity index (χ4n) is 3.55. The van der Waals surface area contributed by atoms with E-state index in [9.17, 15) is 9.59 Å². The van der Waals surface area contributed by atoms with Crippen LogP contribution in [0.2, 0.25) is 0 Å². The van der Waals surface area contributed by atoms with E-state index in [2.05, 4.69) is 0 Å². The molecule has 6 nitrogen and oxygen atoms in total. The smallest absolute Gasteiger partial charge is 0.290 e. The zero-order valence-electron chi connectivity index (χ0n) is 15.3. The molecule has 6 heteroatoms. The molecule has 0 unspecified atom stereocenters. The van der Waals surface area contributed by atoms with Crippen LogP contribution < -0.4 is 14.9 Å². The summed E-state index contributed by atoms with van der Waals surface area (Å²) in [6, 6.07) is 11.8. The van der Waals surface area contributed by atoms with Crippen LogP contribution in [0.3, 0.4) is 0 Å². The summed E-state index contributed by atoms with van der Waals surface area (Å²) in [5.74, 6) is 0.945. The fourth-order valence-corrected chi connectivity index (χ4v) is 3.55. The van der Waals surface area contributed by atoms with E-state index in [1.165, 1.54) is 4.90 Å². The number of carbonyl (C=O) groups is 1. The number of rotatable bonds is 4. The van der Waals surface area contributed by atoms with Gasteiger partial charge in [0.15, 0.2) is 16.9 Å². The number of fused-ring (bicyclic) bond motifs is 2. The number of amides is 1. The molecule has 0 bridgehead atoms. The van der Waals surface area contributed by atoms with Gasteiger partial charge < -0.3 is 18.8 Å². The maximum absolute atomic E-state index is 13.1. The van der Waals surface area contributed by atoms with Gasteiger partial charge in [0.05, 0.1) is 30.7 Å². The summed E-state index contributed by atoms with van der Waals surface area (Å²) in [6.45, 7) is 2.40. The van der Waals surface area contributed by atoms with Crippen LogP contribution in [-0.4, -0.2) is 31.6 Å². The Morgan fingerprint density at radius 1 is 1.11 bits per heavy atom. The van der Waals surface area contributed by atoms with Crippen molar-refractivity contribution in [1.82, 2.24) is 4.90 Å². The molecule has 138 valence electrons. The van der Waals surface area contributed by atoms with Crippen molar-refractivity contribution < 1.29 is 18.7 Å². The molecule has 1 aliphatic rings. The van der Waals surface area contributed by atoms with Crippen LogP contribution in [0.5, 0.6) is 11.5 Å². The van der Waals surface area contributed by atoms with E-state index in [1.54, 1.807) is 50.6 Å². The molecule has 0 aliphatic carbocycles. The van der Waals surface area contributed by atoms with Gasteiger partial charge in [-0.15, -0.1) is 0 Å². The summed E-state index contributed by atoms with van der Waals surface area (Å²) in [6.07, 6.45) is 0. The lowest BCUT2D eigenvalue weighted by atomic mass is 9.98. The van der Waals surface area contributed by atoms with Crippen LogP contribution in [0, 0.1) is 0 Å². The van der Waals surface area contributed by atoms with E-state index in [0.717, 1.165) is 5.56 Å². The van der Waals surface area contributed by atoms with Crippen LogP contribution >= 0.6 is 0 Å². The second kappa shape index (κ2) is 6.46. The van der Waals surface area contributed by atoms with Crippen LogP contribution in [0.25, 0.3) is 11.0 Å². The molecule has 0 N–H and O–H groups in total. The highest BCUT2D eigenvalue weighted by Crippen LogP contribution is 2.39. The van der Waals surface area contributed by atoms with Gasteiger partial charge in [0.1, 0.15) is 5.58 Å². The molecule has 4 rings (SSSR count). The standard InChI is InChI=1S/C21H19NO5/c1-4-26-15-10-9-12(11-16(15)25-3)18-17-19(23)13-7-5-6-8-14(13)27-20(17)21(24)22(18)2/h5-11,18H,4H2,1-3H3/t18-/m1/s1. The average molecular weight is 365 g/mol. The van der Waals surface area contributed by atoms with E-state index in [4.69, 9.17) is 13.9 Å². The molecule has 1 aromatic heterocycles. The maximum atomic E-state index is 13.1. The quantitative estimate of drug-likeness (QED) is 0.709. The Morgan fingerprint density at radius 2 is 1.89 bits per heavy atom. The van der Waals surface area contributed by atoms with Crippen LogP contribution in [0.4, 0.5) is 0 Å². The molecule has 0 saturated heterocycles. The molecule has 0 radical (unpaired) electrons. The number of para-hydroxylation sites is 1. The van der Waals surface area contributed by atoms with Crippen molar-refractivity contribution in [2.45, 2.75) is 13.0 Å². The summed E-state index contributed by atoms with van der Waals surface area (Å²) in [5, 5.41) is 0.460. The summed E-state index contributed by atoms with van der Waals surface area (Å²) in [5.41, 5.74) is 1.33. The Morgan fingerprint density at radius 3 is 2.63 bits per heavy atom. The molecular formula is C21H19NO5. The Kier molecular flexibility index (Phi) is 4.11. The molecule has 1 aliphatic heterocycles. The van der Waals surface area contributed by atoms with E-state index in [1.807, 2.05) is 13.0 Å². The zero-order chi connectivity index (χ0) is 19.1. The predicted molar refractivity (Wildman–Crippen MR) is 101 cm³/mol. The highest BCUT2D eigenvalue weighted by atomic mass is 16.5. The largest absolute Gasteiger partial charge is 0.493 e. The van der Waals surface area contributed by atoms with Gasteiger partial charge in [0.25, 0.3) is 5.91 Å². The number of methoxy groups -OCH3 is 1. The summed E-state index contributed by atoms with van der Waals surface area (Å²) >= 11 is 0. The highest BCUT2D eigenvalue weighted by Gasteiger charge is 2.40. The van der Waals surface area contributed by atoms with Crippen molar-refractivity contribution in [2.24, 2.45) is 0 Å². The van der Waals surface area contributed by atoms with E-state index in [0.29, 0.717) is 34.6 Å². The van der Waals surface area contributed by atoms with Crippen molar-refractivity contribution in [2.75, 3.05) is 20.8 Å². The zero-order valence-corrected chi connectivity index (χ0v) is 15.3. The third-order valence-electron chi connectivity index (χ3n) is 4.81. The van der Waals surface area contributed by atoms with E-state index in [-0.39, 0.29) is 17.1 Å². The number of hydrogen-bond acceptors (Lipinski definition) is 5. The Balaban J connectivity index is 1.93. The Hall–Kier alpha value is -3.28. The molecule has 3 aromatic rings. The lowest BCUT2D eigenvalue weighted by molar-refractivity contribution is 0.0771. The number of carbonyl (C=O) groups excluding carboxylic acids is 1. The first kappa shape index (κ1) is 17.1. The maximum Gasteiger partial charge on any atom is 0.290 e. The minimum absolute atomic E-state index is 0.0963. The van der Waals surface area contributed by atoms with Gasteiger partial charge in [0.2, 0.25) is 5.76 Å². The first-order chi connectivity index (χ1) is 13.1. The van der Waals surface area contributed by atoms with Crippen molar-refractivity contribution in [3.8, 4) is 11.5 Å². The lowest BCUT2D eigenvalue weighted by Gasteiger charge is -2.21. The summed E-state index contributed by atoms with van der Waals surface area (Å²) in [4.78, 5) is 27.4. The molecule has 2 aromatic carbocycles. The molecule has 0 saturated carbocycles. The number of ether oxygens (including phenoxy) is 2. The third-order valence-corrected chi connectivity index (χ3v) is 4.81. The predicted octanol–water partition coefficient (Wildman–Crippen LogP) is 3.38. The number of nitrogens with zero attached hydrogens (tertiary/aromatic N) is 1. The van der Waals surface area contributed by atoms with Gasteiger partial charge in [-0.25, -0.2) is 0 Å². The lowest BCUT2D eigenvalue weighted by Crippen LogP contribution is -2.25. The fraction of sp³-hybridized carbons (Fsp3) is 0.238. The minimum atomic E-state index is -0.544. The topological polar surface area (TPSA) is 69.0 Å². The second-order valence-corrected chi connectivity index (χ2v) is 6.33. The molecular weight excluding hydrogens is 346 g/mol. The Bertz CT molecular complexity index is 1100. The normalized spacial score (nSPS) is 15.9. The molecule has 0 spiro atoms.